The monoisotopic (exact) mass is 436 g/mol. The van der Waals surface area contributed by atoms with Crippen molar-refractivity contribution in [1.82, 2.24) is 19.6 Å². The van der Waals surface area contributed by atoms with Crippen molar-refractivity contribution in [3.63, 3.8) is 0 Å². The summed E-state index contributed by atoms with van der Waals surface area (Å²) >= 11 is 0. The molecule has 0 N–H and O–H groups in total. The van der Waals surface area contributed by atoms with E-state index in [9.17, 15) is 4.79 Å². The smallest absolute Gasteiger partial charge is 0.228 e. The van der Waals surface area contributed by atoms with Crippen molar-refractivity contribution < 1.29 is 9.53 Å². The van der Waals surface area contributed by atoms with Gasteiger partial charge in [-0.15, -0.1) is 5.10 Å². The second kappa shape index (κ2) is 7.10. The molecule has 1 aliphatic carbocycles. The number of aryl methyl sites for hydroxylation is 1. The molecule has 33 heavy (non-hydrogen) atoms. The van der Waals surface area contributed by atoms with E-state index in [-0.39, 0.29) is 17.1 Å². The van der Waals surface area contributed by atoms with Crippen LogP contribution < -0.4 is 4.74 Å². The number of carbonyl (C=O) groups excluding carboxylic acids is 1. The molecular formula is C27H24N4O2. The number of benzene rings is 2. The van der Waals surface area contributed by atoms with Gasteiger partial charge >= 0.3 is 0 Å². The Kier molecular flexibility index (Phi) is 4.27. The second-order valence-electron chi connectivity index (χ2n) is 9.76. The van der Waals surface area contributed by atoms with Crippen LogP contribution in [0.15, 0.2) is 72.3 Å². The highest BCUT2D eigenvalue weighted by Gasteiger charge is 2.43. The van der Waals surface area contributed by atoms with Gasteiger partial charge < -0.3 is 4.74 Å². The molecule has 2 aliphatic rings. The molecule has 2 aromatic heterocycles. The minimum absolute atomic E-state index is 0.126. The number of fused-ring (bicyclic) bond motifs is 3. The molecule has 0 bridgehead atoms. The van der Waals surface area contributed by atoms with E-state index in [4.69, 9.17) is 14.8 Å². The summed E-state index contributed by atoms with van der Waals surface area (Å²) < 4.78 is 8.00. The van der Waals surface area contributed by atoms with Crippen LogP contribution in [0.3, 0.4) is 0 Å². The lowest BCUT2D eigenvalue weighted by Crippen LogP contribution is -2.33. The lowest BCUT2D eigenvalue weighted by Gasteiger charge is -2.37. The molecule has 0 amide bonds. The zero-order chi connectivity index (χ0) is 22.7. The van der Waals surface area contributed by atoms with Gasteiger partial charge in [-0.2, -0.15) is 0 Å². The van der Waals surface area contributed by atoms with Crippen LogP contribution in [0, 0.1) is 12.3 Å². The summed E-state index contributed by atoms with van der Waals surface area (Å²) in [7, 11) is 0. The number of aromatic nitrogens is 4. The Morgan fingerprint density at radius 3 is 2.67 bits per heavy atom. The van der Waals surface area contributed by atoms with Gasteiger partial charge in [-0.25, -0.2) is 14.5 Å². The molecule has 6 rings (SSSR count). The second-order valence-corrected chi connectivity index (χ2v) is 9.76. The van der Waals surface area contributed by atoms with Gasteiger partial charge in [0.1, 0.15) is 12.1 Å². The fourth-order valence-electron chi connectivity index (χ4n) is 5.03. The van der Waals surface area contributed by atoms with Crippen LogP contribution in [-0.2, 0) is 4.79 Å². The van der Waals surface area contributed by atoms with Gasteiger partial charge in [0.2, 0.25) is 5.88 Å². The zero-order valence-electron chi connectivity index (χ0n) is 18.9. The van der Waals surface area contributed by atoms with Crippen LogP contribution in [0.4, 0.5) is 0 Å². The highest BCUT2D eigenvalue weighted by atomic mass is 16.5. The lowest BCUT2D eigenvalue weighted by molar-refractivity contribution is -0.118. The van der Waals surface area contributed by atoms with E-state index in [2.05, 4.69) is 37.0 Å². The third kappa shape index (κ3) is 3.25. The fourth-order valence-corrected chi connectivity index (χ4v) is 5.03. The number of ketones is 1. The molecule has 1 atom stereocenters. The Hall–Kier alpha value is -3.80. The summed E-state index contributed by atoms with van der Waals surface area (Å²) in [5, 5.41) is 4.69. The van der Waals surface area contributed by atoms with Gasteiger partial charge in [0, 0.05) is 29.9 Å². The van der Waals surface area contributed by atoms with Crippen molar-refractivity contribution in [3.8, 4) is 17.3 Å². The van der Waals surface area contributed by atoms with Crippen LogP contribution in [0.2, 0.25) is 0 Å². The lowest BCUT2D eigenvalue weighted by atomic mass is 9.70. The maximum absolute atomic E-state index is 13.4. The van der Waals surface area contributed by atoms with Crippen molar-refractivity contribution in [2.75, 3.05) is 0 Å². The summed E-state index contributed by atoms with van der Waals surface area (Å²) in [5.41, 5.74) is 5.14. The average Bonchev–Trinajstić information content (AvgIpc) is 3.22. The number of carbonyl (C=O) groups is 1. The van der Waals surface area contributed by atoms with E-state index < -0.39 is 0 Å². The summed E-state index contributed by atoms with van der Waals surface area (Å²) in [6.07, 6.45) is 2.83. The highest BCUT2D eigenvalue weighted by molar-refractivity contribution is 6.00. The molecule has 4 aromatic rings. The Labute approximate surface area is 192 Å². The standard InChI is InChI=1S/C27H24N4O2/c1-16-8-7-11-18(12-16)24-29-25-23-21(17-9-5-4-6-10-17)22-19(32)13-27(2,3)14-20(22)33-26(23)28-15-31(25)30-24/h4-12,15,21H,13-14H2,1-3H3/t21-/m1/s1. The SMILES string of the molecule is Cc1cccc(-c2nc3c4c(ncn3n2)OC2=C(C(=O)CC(C)(C)C2)[C@H]4c2ccccc2)c1. The van der Waals surface area contributed by atoms with Gasteiger partial charge in [0.25, 0.3) is 0 Å². The minimum atomic E-state index is -0.292. The van der Waals surface area contributed by atoms with Crippen molar-refractivity contribution in [2.45, 2.75) is 39.5 Å². The molecule has 1 aliphatic heterocycles. The third-order valence-electron chi connectivity index (χ3n) is 6.47. The number of hydrogen-bond donors (Lipinski definition) is 0. The predicted octanol–water partition coefficient (Wildman–Crippen LogP) is 5.27. The van der Waals surface area contributed by atoms with Crippen LogP contribution in [-0.4, -0.2) is 25.4 Å². The molecule has 6 heteroatoms. The number of Topliss-reactive ketones (excluding diaryl/α,β-unsaturated/α-hetero) is 1. The molecule has 0 unspecified atom stereocenters. The molecule has 0 saturated carbocycles. The number of nitrogens with zero attached hydrogens (tertiary/aromatic N) is 4. The van der Waals surface area contributed by atoms with Gasteiger partial charge in [-0.1, -0.05) is 67.9 Å². The molecule has 0 spiro atoms. The molecule has 6 nitrogen and oxygen atoms in total. The Morgan fingerprint density at radius 1 is 1.06 bits per heavy atom. The van der Waals surface area contributed by atoms with Gasteiger partial charge in [0.05, 0.1) is 5.56 Å². The number of allylic oxidation sites excluding steroid dienone is 2. The maximum Gasteiger partial charge on any atom is 0.228 e. The van der Waals surface area contributed by atoms with Gasteiger partial charge in [0.15, 0.2) is 17.3 Å². The van der Waals surface area contributed by atoms with Crippen LogP contribution in [0.25, 0.3) is 17.0 Å². The van der Waals surface area contributed by atoms with E-state index in [1.165, 1.54) is 0 Å². The average molecular weight is 437 g/mol. The topological polar surface area (TPSA) is 69.4 Å². The van der Waals surface area contributed by atoms with E-state index in [0.29, 0.717) is 30.2 Å². The zero-order valence-corrected chi connectivity index (χ0v) is 18.9. The molecule has 0 fully saturated rings. The van der Waals surface area contributed by atoms with Crippen molar-refractivity contribution in [2.24, 2.45) is 5.41 Å². The molecular weight excluding hydrogens is 412 g/mol. The van der Waals surface area contributed by atoms with Crippen LogP contribution in [0.5, 0.6) is 5.88 Å². The molecule has 3 heterocycles. The van der Waals surface area contributed by atoms with Crippen molar-refractivity contribution in [1.29, 1.82) is 0 Å². The van der Waals surface area contributed by atoms with Crippen molar-refractivity contribution >= 4 is 11.4 Å². The predicted molar refractivity (Wildman–Crippen MR) is 125 cm³/mol. The fraction of sp³-hybridized carbons (Fsp3) is 0.259. The normalized spacial score (nSPS) is 19.2. The Balaban J connectivity index is 1.60. The van der Waals surface area contributed by atoms with Crippen molar-refractivity contribution in [3.05, 3.63) is 88.9 Å². The van der Waals surface area contributed by atoms with E-state index in [1.54, 1.807) is 10.8 Å². The first-order valence-corrected chi connectivity index (χ1v) is 11.2. The summed E-state index contributed by atoms with van der Waals surface area (Å²) in [5.74, 6) is 1.69. The summed E-state index contributed by atoms with van der Waals surface area (Å²) in [4.78, 5) is 22.9. The van der Waals surface area contributed by atoms with Crippen LogP contribution in [0.1, 0.15) is 49.3 Å². The Morgan fingerprint density at radius 2 is 1.88 bits per heavy atom. The van der Waals surface area contributed by atoms with E-state index in [0.717, 1.165) is 33.6 Å². The number of rotatable bonds is 2. The van der Waals surface area contributed by atoms with E-state index in [1.807, 2.05) is 43.3 Å². The first kappa shape index (κ1) is 19.9. The third-order valence-corrected chi connectivity index (χ3v) is 6.47. The van der Waals surface area contributed by atoms with Gasteiger partial charge in [-0.05, 0) is 24.0 Å². The van der Waals surface area contributed by atoms with E-state index >= 15 is 0 Å². The highest BCUT2D eigenvalue weighted by Crippen LogP contribution is 2.50. The quantitative estimate of drug-likeness (QED) is 0.428. The Bertz CT molecular complexity index is 1450. The summed E-state index contributed by atoms with van der Waals surface area (Å²) in [6.45, 7) is 6.26. The number of hydrogen-bond acceptors (Lipinski definition) is 5. The summed E-state index contributed by atoms with van der Waals surface area (Å²) in [6, 6.07) is 18.2. The molecule has 164 valence electrons. The largest absolute Gasteiger partial charge is 0.442 e. The molecule has 0 radical (unpaired) electrons. The first-order valence-electron chi connectivity index (χ1n) is 11.2. The number of ether oxygens (including phenoxy) is 1. The molecule has 0 saturated heterocycles. The van der Waals surface area contributed by atoms with Crippen LogP contribution >= 0.6 is 0 Å². The first-order chi connectivity index (χ1) is 15.9. The maximum atomic E-state index is 13.4. The van der Waals surface area contributed by atoms with Gasteiger partial charge in [-0.3, -0.25) is 4.79 Å². The molecule has 2 aromatic carbocycles. The minimum Gasteiger partial charge on any atom is -0.442 e.